The van der Waals surface area contributed by atoms with E-state index in [1.165, 1.54) is 0 Å². The van der Waals surface area contributed by atoms with Crippen LogP contribution in [0.3, 0.4) is 0 Å². The van der Waals surface area contributed by atoms with Gasteiger partial charge in [-0.25, -0.2) is 9.59 Å². The molecule has 0 aliphatic heterocycles. The number of aliphatic hydroxyl groups excluding tert-OH is 2. The second kappa shape index (κ2) is 48.7. The van der Waals surface area contributed by atoms with E-state index in [9.17, 15) is 9.59 Å². The zero-order valence-electron chi connectivity index (χ0n) is 22.4. The average molecular weight is 795 g/mol. The Balaban J connectivity index is -0.0000000397. The van der Waals surface area contributed by atoms with Gasteiger partial charge in [0.2, 0.25) is 0 Å². The number of aliphatic carboxylic acids is 7. The molecule has 234 valence electrons. The summed E-state index contributed by atoms with van der Waals surface area (Å²) in [5, 5.41) is 72.6. The summed E-state index contributed by atoms with van der Waals surface area (Å²) >= 11 is 0. The number of aliphatic hydroxyl groups is 2. The third-order valence-corrected chi connectivity index (χ3v) is 1.45. The Labute approximate surface area is 258 Å². The summed E-state index contributed by atoms with van der Waals surface area (Å²) < 4.78 is 0. The van der Waals surface area contributed by atoms with Crippen LogP contribution in [0.5, 0.6) is 0 Å². The van der Waals surface area contributed by atoms with Crippen molar-refractivity contribution in [1.29, 1.82) is 0 Å². The van der Waals surface area contributed by atoms with Crippen LogP contribution in [0, 0.1) is 0 Å². The van der Waals surface area contributed by atoms with E-state index in [0.717, 1.165) is 47.7 Å². The number of nitrogens with one attached hydrogen (secondary N) is 1. The van der Waals surface area contributed by atoms with E-state index in [-0.39, 0.29) is 47.8 Å². The molecule has 21 heteroatoms. The number of hydrogen-bond acceptors (Lipinski definition) is 12. The molecule has 14 N–H and O–H groups in total. The first-order valence-electron chi connectivity index (χ1n) is 9.44. The van der Waals surface area contributed by atoms with Crippen LogP contribution >= 0.6 is 0 Å². The van der Waals surface area contributed by atoms with Gasteiger partial charge in [0, 0.05) is 60.8 Å². The molecule has 0 aromatic carbocycles. The molecule has 0 saturated carbocycles. The first-order valence-corrected chi connectivity index (χ1v) is 9.44. The molecule has 2 atom stereocenters. The summed E-state index contributed by atoms with van der Waals surface area (Å²) in [6, 6.07) is 0. The van der Waals surface area contributed by atoms with Crippen LogP contribution in [-0.4, -0.2) is 174 Å². The van der Waals surface area contributed by atoms with Gasteiger partial charge in [-0.15, -0.1) is 0 Å². The van der Waals surface area contributed by atoms with Crippen molar-refractivity contribution in [1.82, 2.24) is 5.32 Å². The SMILES string of the molecule is CC(=O)O.CC(=O)O.CC(=O)O.CC(=O)O.CC(=O)O.NCCNCCN.O=C(O)C(O)C(O)C(=O)O.[SnH2].[SnH2]. The predicted octanol–water partition coefficient (Wildman–Crippen LogP) is -5.01. The third-order valence-electron chi connectivity index (χ3n) is 1.45. The zero-order valence-corrected chi connectivity index (χ0v) is 30.5. The van der Waals surface area contributed by atoms with Gasteiger partial charge in [-0.2, -0.15) is 0 Å². The van der Waals surface area contributed by atoms with E-state index < -0.39 is 54.0 Å². The van der Waals surface area contributed by atoms with Crippen molar-refractivity contribution in [2.24, 2.45) is 11.5 Å². The van der Waals surface area contributed by atoms with Crippen molar-refractivity contribution < 1.29 is 79.5 Å². The molecule has 39 heavy (non-hydrogen) atoms. The Kier molecular flexibility index (Phi) is 76.1. The van der Waals surface area contributed by atoms with Crippen molar-refractivity contribution in [3.05, 3.63) is 0 Å². The van der Waals surface area contributed by atoms with Crippen LogP contribution in [0.1, 0.15) is 34.6 Å². The first-order chi connectivity index (χ1) is 16.5. The maximum absolute atomic E-state index is 9.77. The minimum absolute atomic E-state index is 0. The summed E-state index contributed by atoms with van der Waals surface area (Å²) in [6.07, 6.45) is -4.53. The van der Waals surface area contributed by atoms with Gasteiger partial charge in [0.25, 0.3) is 29.8 Å². The van der Waals surface area contributed by atoms with Crippen LogP contribution in [0.25, 0.3) is 0 Å². The van der Waals surface area contributed by atoms with Crippen LogP contribution in [0.2, 0.25) is 0 Å². The molecule has 0 bridgehead atoms. The fourth-order valence-electron chi connectivity index (χ4n) is 0.599. The van der Waals surface area contributed by atoms with Gasteiger partial charge in [-0.3, -0.25) is 24.0 Å². The Morgan fingerprint density at radius 3 is 0.718 bits per heavy atom. The van der Waals surface area contributed by atoms with Gasteiger partial charge >= 0.3 is 59.8 Å². The van der Waals surface area contributed by atoms with Crippen LogP contribution in [-0.2, 0) is 33.6 Å². The molecule has 0 aromatic heterocycles. The van der Waals surface area contributed by atoms with E-state index >= 15 is 0 Å². The normalized spacial score (nSPS) is 8.95. The topological polar surface area (TPSA) is 366 Å². The molecule has 19 nitrogen and oxygen atoms in total. The standard InChI is InChI=1S/C4H13N3.C4H6O6.5C2H4O2.2Sn.4H/c5-1-3-7-4-2-6;5-1(3(7)8)2(6)4(9)10;5*1-2(3)4;;;;;;/h7H,1-6H2;1-2,5-6H,(H,7,8)(H,9,10);5*1H3,(H,3,4);;;;;;. The number of carboxylic acids is 7. The van der Waals surface area contributed by atoms with Gasteiger partial charge in [0.05, 0.1) is 0 Å². The van der Waals surface area contributed by atoms with E-state index in [1.807, 2.05) is 0 Å². The van der Waals surface area contributed by atoms with Crippen LogP contribution in [0.15, 0.2) is 0 Å². The molecule has 0 rings (SSSR count). The molecule has 4 radical (unpaired) electrons. The molecule has 0 saturated heterocycles. The van der Waals surface area contributed by atoms with E-state index in [1.54, 1.807) is 0 Å². The molecule has 0 aromatic rings. The summed E-state index contributed by atoms with van der Waals surface area (Å²) in [5.41, 5.74) is 10.3. The van der Waals surface area contributed by atoms with Crippen LogP contribution < -0.4 is 16.8 Å². The molecule has 2 unspecified atom stereocenters. The molecule has 0 aliphatic rings. The Bertz CT molecular complexity index is 528. The fraction of sp³-hybridized carbons (Fsp3) is 0.611. The fourth-order valence-corrected chi connectivity index (χ4v) is 0.599. The first kappa shape index (κ1) is 61.0. The zero-order chi connectivity index (χ0) is 31.7. The second-order valence-electron chi connectivity index (χ2n) is 5.49. The number of carbonyl (C=O) groups is 7. The van der Waals surface area contributed by atoms with Crippen molar-refractivity contribution in [3.8, 4) is 0 Å². The van der Waals surface area contributed by atoms with Gasteiger partial charge in [0.1, 0.15) is 0 Å². The van der Waals surface area contributed by atoms with Gasteiger partial charge in [0.15, 0.2) is 12.2 Å². The maximum atomic E-state index is 9.77. The summed E-state index contributed by atoms with van der Waals surface area (Å²) in [5.74, 6) is -7.70. The van der Waals surface area contributed by atoms with Gasteiger partial charge in [-0.05, 0) is 0 Å². The molecule has 0 fully saturated rings. The quantitative estimate of drug-likeness (QED) is 0.0848. The van der Waals surface area contributed by atoms with Gasteiger partial charge in [-0.1, -0.05) is 0 Å². The van der Waals surface area contributed by atoms with Crippen LogP contribution in [0.4, 0.5) is 0 Å². The number of rotatable bonds is 7. The molecule has 0 spiro atoms. The Morgan fingerprint density at radius 1 is 0.513 bits per heavy atom. The molecule has 0 amide bonds. The molecule has 0 aliphatic carbocycles. The molecular weight excluding hydrogens is 752 g/mol. The number of nitrogens with two attached hydrogens (primary N) is 2. The van der Waals surface area contributed by atoms with Crippen molar-refractivity contribution in [2.75, 3.05) is 26.2 Å². The second-order valence-corrected chi connectivity index (χ2v) is 5.49. The molecular formula is C18H43N3O16Sn2. The number of hydrogen-bond donors (Lipinski definition) is 12. The summed E-state index contributed by atoms with van der Waals surface area (Å²) in [7, 11) is 0. The van der Waals surface area contributed by atoms with Gasteiger partial charge < -0.3 is 62.7 Å². The number of carboxylic acid groups (broad SMARTS) is 7. The van der Waals surface area contributed by atoms with E-state index in [0.29, 0.717) is 13.1 Å². The monoisotopic (exact) mass is 797 g/mol. The average Bonchev–Trinajstić information content (AvgIpc) is 2.65. The predicted molar refractivity (Wildman–Crippen MR) is 142 cm³/mol. The van der Waals surface area contributed by atoms with Crippen molar-refractivity contribution >= 4 is 89.6 Å². The van der Waals surface area contributed by atoms with Crippen molar-refractivity contribution in [3.63, 3.8) is 0 Å². The third kappa shape index (κ3) is 216. The minimum atomic E-state index is -2.27. The van der Waals surface area contributed by atoms with E-state index in [4.69, 9.17) is 81.4 Å². The Hall–Kier alpha value is -2.31. The van der Waals surface area contributed by atoms with Crippen molar-refractivity contribution in [2.45, 2.75) is 46.8 Å². The Morgan fingerprint density at radius 2 is 0.641 bits per heavy atom. The van der Waals surface area contributed by atoms with E-state index in [2.05, 4.69) is 5.32 Å². The molecule has 0 heterocycles. The summed E-state index contributed by atoms with van der Waals surface area (Å²) in [4.78, 5) is 64.5. The summed E-state index contributed by atoms with van der Waals surface area (Å²) in [6.45, 7) is 8.55.